The summed E-state index contributed by atoms with van der Waals surface area (Å²) >= 11 is 0. The highest BCUT2D eigenvalue weighted by atomic mass is 32.2. The number of carbonyl (C=O) groups is 3. The highest BCUT2D eigenvalue weighted by Gasteiger charge is 2.32. The first-order chi connectivity index (χ1) is 20.2. The Labute approximate surface area is 240 Å². The van der Waals surface area contributed by atoms with Crippen LogP contribution in [0.2, 0.25) is 0 Å². The van der Waals surface area contributed by atoms with Gasteiger partial charge in [0.25, 0.3) is 21.9 Å². The maximum Gasteiger partial charge on any atom is 0.333 e. The number of hydrogen-bond acceptors (Lipinski definition) is 8. The number of benzene rings is 3. The lowest BCUT2D eigenvalue weighted by Gasteiger charge is -2.12. The number of para-hydroxylation sites is 1. The largest absolute Gasteiger partial charge is 0.436 e. The molecule has 6 rings (SSSR count). The van der Waals surface area contributed by atoms with Gasteiger partial charge in [-0.3, -0.25) is 14.1 Å². The van der Waals surface area contributed by atoms with E-state index in [2.05, 4.69) is 4.57 Å². The molecule has 2 aromatic heterocycles. The Bertz CT molecular complexity index is 1980. The van der Waals surface area contributed by atoms with Gasteiger partial charge in [0.2, 0.25) is 11.4 Å². The molecule has 12 heteroatoms. The molecular weight excluding hydrogens is 562 g/mol. The molecule has 0 spiro atoms. The second-order valence-corrected chi connectivity index (χ2v) is 11.4. The molecule has 1 fully saturated rings. The summed E-state index contributed by atoms with van der Waals surface area (Å²) in [6.07, 6.45) is 4.21. The van der Waals surface area contributed by atoms with Gasteiger partial charge in [-0.2, -0.15) is 13.0 Å². The van der Waals surface area contributed by atoms with Crippen molar-refractivity contribution in [2.75, 3.05) is 0 Å². The number of nitrogens with zero attached hydrogens (tertiary/aromatic N) is 3. The molecule has 1 N–H and O–H groups in total. The molecule has 3 aromatic carbocycles. The molecule has 214 valence electrons. The summed E-state index contributed by atoms with van der Waals surface area (Å²) in [7, 11) is -4.49. The average Bonchev–Trinajstić information content (AvgIpc) is 3.55. The maximum absolute atomic E-state index is 12.1. The van der Waals surface area contributed by atoms with E-state index in [9.17, 15) is 27.4 Å². The number of hydroxylamine groups is 2. The van der Waals surface area contributed by atoms with Crippen molar-refractivity contribution in [1.82, 2.24) is 10.0 Å². The van der Waals surface area contributed by atoms with Gasteiger partial charge >= 0.3 is 5.97 Å². The predicted octanol–water partition coefficient (Wildman–Crippen LogP) is 4.50. The Hall–Kier alpha value is -4.68. The molecule has 0 atom stereocenters. The maximum atomic E-state index is 12.1. The zero-order valence-electron chi connectivity index (χ0n) is 22.4. The van der Waals surface area contributed by atoms with Crippen LogP contribution in [0.4, 0.5) is 0 Å². The number of imide groups is 1. The van der Waals surface area contributed by atoms with Crippen LogP contribution in [0.25, 0.3) is 44.2 Å². The molecular formula is C30H26N3O8S+. The third kappa shape index (κ3) is 5.21. The number of aryl methyl sites for hydroxylation is 1. The second kappa shape index (κ2) is 11.0. The van der Waals surface area contributed by atoms with E-state index in [0.29, 0.717) is 40.2 Å². The monoisotopic (exact) mass is 588 g/mol. The number of aromatic nitrogens is 2. The number of oxazole rings is 1. The first kappa shape index (κ1) is 27.5. The third-order valence-corrected chi connectivity index (χ3v) is 8.17. The molecule has 1 aliphatic rings. The van der Waals surface area contributed by atoms with Crippen LogP contribution in [-0.2, 0) is 35.9 Å². The standard InChI is InChI=1S/C30H25N3O8S/c34-26-13-14-27(35)33(26)41-28(36)12-2-1-7-16-32-17-15-22(19-8-5-6-11-23(19)32)30-31-29-21-10-4-3-9-20(21)25(42(37,38)39)18-24(29)40-30/h3-6,8-11,15,17-18H,1-2,7,12-14,16H2/p+1. The minimum absolute atomic E-state index is 0.0639. The number of pyridine rings is 1. The van der Waals surface area contributed by atoms with Gasteiger partial charge in [-0.05, 0) is 18.9 Å². The number of rotatable bonds is 9. The van der Waals surface area contributed by atoms with Crippen molar-refractivity contribution in [3.63, 3.8) is 0 Å². The molecule has 0 aliphatic carbocycles. The highest BCUT2D eigenvalue weighted by Crippen LogP contribution is 2.35. The van der Waals surface area contributed by atoms with E-state index in [4.69, 9.17) is 14.2 Å². The average molecular weight is 589 g/mol. The van der Waals surface area contributed by atoms with E-state index in [1.165, 1.54) is 6.07 Å². The van der Waals surface area contributed by atoms with Crippen molar-refractivity contribution in [1.29, 1.82) is 0 Å². The van der Waals surface area contributed by atoms with E-state index in [-0.39, 0.29) is 29.7 Å². The van der Waals surface area contributed by atoms with Crippen molar-refractivity contribution in [3.05, 3.63) is 66.9 Å². The SMILES string of the molecule is O=C(CCCCC[n+]1ccc(-c2nc3c(cc(S(=O)(=O)O)c4ccccc43)o2)c2ccccc21)ON1C(=O)CCC1=O. The molecule has 0 unspecified atom stereocenters. The lowest BCUT2D eigenvalue weighted by atomic mass is 10.1. The molecule has 3 heterocycles. The van der Waals surface area contributed by atoms with E-state index >= 15 is 0 Å². The van der Waals surface area contributed by atoms with Gasteiger partial charge in [0.1, 0.15) is 17.0 Å². The number of hydrogen-bond donors (Lipinski definition) is 1. The Morgan fingerprint density at radius 3 is 2.38 bits per heavy atom. The van der Waals surface area contributed by atoms with E-state index in [0.717, 1.165) is 29.3 Å². The summed E-state index contributed by atoms with van der Waals surface area (Å²) in [5.74, 6) is -1.27. The zero-order valence-corrected chi connectivity index (χ0v) is 23.2. The number of unbranched alkanes of at least 4 members (excludes halogenated alkanes) is 2. The summed E-state index contributed by atoms with van der Waals surface area (Å²) in [5, 5.41) is 2.36. The fourth-order valence-electron chi connectivity index (χ4n) is 5.25. The molecule has 11 nitrogen and oxygen atoms in total. The van der Waals surface area contributed by atoms with Gasteiger partial charge in [0, 0.05) is 54.7 Å². The third-order valence-electron chi connectivity index (χ3n) is 7.28. The van der Waals surface area contributed by atoms with Gasteiger partial charge in [-0.15, -0.1) is 5.06 Å². The van der Waals surface area contributed by atoms with Crippen molar-refractivity contribution < 1.29 is 41.2 Å². The Kier molecular flexibility index (Phi) is 7.17. The fraction of sp³-hybridized carbons (Fsp3) is 0.233. The van der Waals surface area contributed by atoms with Crippen molar-refractivity contribution in [2.45, 2.75) is 50.0 Å². The van der Waals surface area contributed by atoms with Gasteiger partial charge in [-0.25, -0.2) is 9.78 Å². The lowest BCUT2D eigenvalue weighted by molar-refractivity contribution is -0.671. The minimum atomic E-state index is -4.49. The molecule has 2 amide bonds. The summed E-state index contributed by atoms with van der Waals surface area (Å²) in [6, 6.07) is 17.8. The smallest absolute Gasteiger partial charge is 0.333 e. The van der Waals surface area contributed by atoms with Crippen molar-refractivity contribution in [2.24, 2.45) is 0 Å². The van der Waals surface area contributed by atoms with E-state index in [1.54, 1.807) is 24.3 Å². The van der Waals surface area contributed by atoms with Gasteiger partial charge in [0.05, 0.1) is 10.9 Å². The van der Waals surface area contributed by atoms with Crippen LogP contribution in [0.5, 0.6) is 0 Å². The Morgan fingerprint density at radius 1 is 0.952 bits per heavy atom. The van der Waals surface area contributed by atoms with Crippen molar-refractivity contribution >= 4 is 60.7 Å². The molecule has 0 saturated carbocycles. The topological polar surface area (TPSA) is 148 Å². The molecule has 0 radical (unpaired) electrons. The van der Waals surface area contributed by atoms with Crippen molar-refractivity contribution in [3.8, 4) is 11.5 Å². The summed E-state index contributed by atoms with van der Waals surface area (Å²) in [4.78, 5) is 44.7. The zero-order chi connectivity index (χ0) is 29.4. The van der Waals surface area contributed by atoms with Gasteiger partial charge in [0.15, 0.2) is 11.8 Å². The van der Waals surface area contributed by atoms with E-state index in [1.807, 2.05) is 36.5 Å². The molecule has 1 aliphatic heterocycles. The fourth-order valence-corrected chi connectivity index (χ4v) is 5.97. The van der Waals surface area contributed by atoms with Crippen LogP contribution in [0.3, 0.4) is 0 Å². The summed E-state index contributed by atoms with van der Waals surface area (Å²) in [6.45, 7) is 0.675. The molecule has 1 saturated heterocycles. The van der Waals surface area contributed by atoms with Crippen LogP contribution in [0, 0.1) is 0 Å². The van der Waals surface area contributed by atoms with Gasteiger partial charge in [-0.1, -0.05) is 36.4 Å². The first-order valence-electron chi connectivity index (χ1n) is 13.5. The van der Waals surface area contributed by atoms with Crippen LogP contribution < -0.4 is 4.57 Å². The number of fused-ring (bicyclic) bond motifs is 4. The Balaban J connectivity index is 1.20. The quantitative estimate of drug-likeness (QED) is 0.114. The van der Waals surface area contributed by atoms with Crippen LogP contribution in [-0.4, -0.2) is 40.8 Å². The molecule has 5 aromatic rings. The van der Waals surface area contributed by atoms with Gasteiger partial charge < -0.3 is 9.25 Å². The predicted molar refractivity (Wildman–Crippen MR) is 150 cm³/mol. The normalized spacial score (nSPS) is 14.0. The lowest BCUT2D eigenvalue weighted by Crippen LogP contribution is -2.34. The van der Waals surface area contributed by atoms with Crippen LogP contribution >= 0.6 is 0 Å². The Morgan fingerprint density at radius 2 is 1.64 bits per heavy atom. The summed E-state index contributed by atoms with van der Waals surface area (Å²) < 4.78 is 42.1. The van der Waals surface area contributed by atoms with Crippen LogP contribution in [0.1, 0.15) is 38.5 Å². The highest BCUT2D eigenvalue weighted by molar-refractivity contribution is 7.86. The van der Waals surface area contributed by atoms with E-state index < -0.39 is 27.9 Å². The second-order valence-electron chi connectivity index (χ2n) is 10.1. The number of carbonyl (C=O) groups excluding carboxylic acids is 3. The van der Waals surface area contributed by atoms with Crippen LogP contribution in [0.15, 0.2) is 76.2 Å². The number of amides is 2. The molecule has 42 heavy (non-hydrogen) atoms. The minimum Gasteiger partial charge on any atom is -0.436 e. The molecule has 0 bridgehead atoms. The summed E-state index contributed by atoms with van der Waals surface area (Å²) in [5.41, 5.74) is 2.40. The first-order valence-corrected chi connectivity index (χ1v) is 14.9.